The molecule has 0 saturated carbocycles. The first-order valence-corrected chi connectivity index (χ1v) is 4.11. The smallest absolute Gasteiger partial charge is 0.0266 e. The molecule has 0 spiro atoms. The summed E-state index contributed by atoms with van der Waals surface area (Å²) in [6.07, 6.45) is 9.08. The van der Waals surface area contributed by atoms with Gasteiger partial charge in [0.2, 0.25) is 0 Å². The molecule has 0 aliphatic carbocycles. The number of aliphatic imine (C=N–C) groups is 1. The molecule has 0 aromatic carbocycles. The van der Waals surface area contributed by atoms with Gasteiger partial charge in [-0.1, -0.05) is 25.5 Å². The van der Waals surface area contributed by atoms with Crippen molar-refractivity contribution >= 4 is 6.21 Å². The van der Waals surface area contributed by atoms with E-state index in [2.05, 4.69) is 25.4 Å². The van der Waals surface area contributed by atoms with Crippen LogP contribution in [-0.4, -0.2) is 6.21 Å². The van der Waals surface area contributed by atoms with E-state index >= 15 is 0 Å². The van der Waals surface area contributed by atoms with Crippen molar-refractivity contribution in [2.24, 2.45) is 4.99 Å². The molecule has 1 heteroatoms. The second kappa shape index (κ2) is 7.26. The van der Waals surface area contributed by atoms with E-state index in [9.17, 15) is 0 Å². The van der Waals surface area contributed by atoms with Crippen LogP contribution in [0.3, 0.4) is 0 Å². The van der Waals surface area contributed by atoms with E-state index in [1.54, 1.807) is 12.4 Å². The van der Waals surface area contributed by atoms with Gasteiger partial charge in [0, 0.05) is 12.4 Å². The fraction of sp³-hybridized carbons (Fsp3) is 0.500. The quantitative estimate of drug-likeness (QED) is 0.534. The number of unbranched alkanes of at least 4 members (excludes halogenated alkanes) is 1. The van der Waals surface area contributed by atoms with Crippen molar-refractivity contribution < 1.29 is 0 Å². The van der Waals surface area contributed by atoms with E-state index in [0.29, 0.717) is 0 Å². The maximum Gasteiger partial charge on any atom is 0.0266 e. The van der Waals surface area contributed by atoms with Crippen molar-refractivity contribution in [1.82, 2.24) is 0 Å². The van der Waals surface area contributed by atoms with Gasteiger partial charge in [0.1, 0.15) is 0 Å². The highest BCUT2D eigenvalue weighted by Crippen LogP contribution is 2.04. The minimum atomic E-state index is 1.18. The summed E-state index contributed by atoms with van der Waals surface area (Å²) in [7, 11) is 0. The van der Waals surface area contributed by atoms with E-state index in [1.807, 2.05) is 6.08 Å². The Kier molecular flexibility index (Phi) is 6.70. The summed E-state index contributed by atoms with van der Waals surface area (Å²) in [5.74, 6) is 0. The van der Waals surface area contributed by atoms with E-state index in [0.717, 1.165) is 0 Å². The third-order valence-corrected chi connectivity index (χ3v) is 1.48. The predicted octanol–water partition coefficient (Wildman–Crippen LogP) is 3.34. The molecule has 0 amide bonds. The molecule has 1 nitrogen and oxygen atoms in total. The van der Waals surface area contributed by atoms with Crippen molar-refractivity contribution in [2.45, 2.75) is 33.1 Å². The Morgan fingerprint density at radius 1 is 1.55 bits per heavy atom. The van der Waals surface area contributed by atoms with Crippen LogP contribution in [0.1, 0.15) is 33.1 Å². The van der Waals surface area contributed by atoms with Crippen LogP contribution in [0.25, 0.3) is 0 Å². The standard InChI is InChI=1S/C10H17N/c1-4-6-7-10(3)8-9-11-5-2/h5,8-9H,2,4,6-7H2,1,3H3/b10-8-,11-9?. The Morgan fingerprint density at radius 2 is 2.27 bits per heavy atom. The molecule has 0 aliphatic heterocycles. The summed E-state index contributed by atoms with van der Waals surface area (Å²) < 4.78 is 0. The first-order valence-electron chi connectivity index (χ1n) is 4.11. The Labute approximate surface area is 69.5 Å². The van der Waals surface area contributed by atoms with Crippen molar-refractivity contribution in [3.8, 4) is 0 Å². The van der Waals surface area contributed by atoms with Gasteiger partial charge in [-0.2, -0.15) is 0 Å². The van der Waals surface area contributed by atoms with Gasteiger partial charge < -0.3 is 0 Å². The molecule has 0 rings (SSSR count). The van der Waals surface area contributed by atoms with Gasteiger partial charge >= 0.3 is 0 Å². The minimum Gasteiger partial charge on any atom is -0.265 e. The van der Waals surface area contributed by atoms with Crippen LogP contribution in [-0.2, 0) is 0 Å². The van der Waals surface area contributed by atoms with Crippen molar-refractivity contribution in [3.63, 3.8) is 0 Å². The molecular formula is C10H17N. The van der Waals surface area contributed by atoms with E-state index < -0.39 is 0 Å². The van der Waals surface area contributed by atoms with Crippen LogP contribution in [0.2, 0.25) is 0 Å². The largest absolute Gasteiger partial charge is 0.265 e. The zero-order chi connectivity index (χ0) is 8.53. The lowest BCUT2D eigenvalue weighted by molar-refractivity contribution is 0.788. The minimum absolute atomic E-state index is 1.18. The maximum atomic E-state index is 3.88. The van der Waals surface area contributed by atoms with Gasteiger partial charge in [0.05, 0.1) is 0 Å². The average molecular weight is 151 g/mol. The molecule has 0 saturated heterocycles. The lowest BCUT2D eigenvalue weighted by Gasteiger charge is -1.95. The molecule has 0 fully saturated rings. The van der Waals surface area contributed by atoms with Gasteiger partial charge in [-0.05, 0) is 25.8 Å². The highest BCUT2D eigenvalue weighted by Gasteiger charge is 1.85. The zero-order valence-corrected chi connectivity index (χ0v) is 7.51. The number of nitrogens with zero attached hydrogens (tertiary/aromatic N) is 1. The van der Waals surface area contributed by atoms with E-state index in [4.69, 9.17) is 0 Å². The van der Waals surface area contributed by atoms with Gasteiger partial charge in [0.25, 0.3) is 0 Å². The van der Waals surface area contributed by atoms with Crippen LogP contribution >= 0.6 is 0 Å². The highest BCUT2D eigenvalue weighted by molar-refractivity contribution is 5.72. The summed E-state index contributed by atoms with van der Waals surface area (Å²) in [5, 5.41) is 0. The fourth-order valence-corrected chi connectivity index (χ4v) is 0.770. The summed E-state index contributed by atoms with van der Waals surface area (Å²) in [5.41, 5.74) is 1.39. The van der Waals surface area contributed by atoms with Crippen LogP contribution < -0.4 is 0 Å². The van der Waals surface area contributed by atoms with Gasteiger partial charge in [-0.3, -0.25) is 4.99 Å². The molecule has 0 radical (unpaired) electrons. The normalized spacial score (nSPS) is 12.4. The third kappa shape index (κ3) is 7.04. The molecule has 0 N–H and O–H groups in total. The second-order valence-electron chi connectivity index (χ2n) is 2.60. The molecule has 0 unspecified atom stereocenters. The molecule has 0 aromatic rings. The number of hydrogen-bond acceptors (Lipinski definition) is 1. The lowest BCUT2D eigenvalue weighted by Crippen LogP contribution is -1.77. The molecule has 0 heterocycles. The third-order valence-electron chi connectivity index (χ3n) is 1.48. The van der Waals surface area contributed by atoms with Crippen LogP contribution in [0.5, 0.6) is 0 Å². The molecule has 0 atom stereocenters. The molecule has 11 heavy (non-hydrogen) atoms. The first-order chi connectivity index (χ1) is 5.31. The number of allylic oxidation sites excluding steroid dienone is 2. The van der Waals surface area contributed by atoms with E-state index in [1.165, 1.54) is 24.8 Å². The highest BCUT2D eigenvalue weighted by atomic mass is 14.6. The fourth-order valence-electron chi connectivity index (χ4n) is 0.770. The van der Waals surface area contributed by atoms with Crippen molar-refractivity contribution in [2.75, 3.05) is 0 Å². The zero-order valence-electron chi connectivity index (χ0n) is 7.51. The van der Waals surface area contributed by atoms with E-state index in [-0.39, 0.29) is 0 Å². The topological polar surface area (TPSA) is 12.4 Å². The summed E-state index contributed by atoms with van der Waals surface area (Å²) in [4.78, 5) is 3.88. The van der Waals surface area contributed by atoms with Crippen LogP contribution in [0, 0.1) is 0 Å². The van der Waals surface area contributed by atoms with Gasteiger partial charge in [0.15, 0.2) is 0 Å². The van der Waals surface area contributed by atoms with Crippen molar-refractivity contribution in [3.05, 3.63) is 24.4 Å². The summed E-state index contributed by atoms with van der Waals surface area (Å²) in [6.45, 7) is 7.82. The van der Waals surface area contributed by atoms with Gasteiger partial charge in [-0.15, -0.1) is 0 Å². The Bertz CT molecular complexity index is 154. The molecular weight excluding hydrogens is 134 g/mol. The lowest BCUT2D eigenvalue weighted by atomic mass is 10.1. The molecule has 0 aromatic heterocycles. The molecule has 62 valence electrons. The van der Waals surface area contributed by atoms with Crippen molar-refractivity contribution in [1.29, 1.82) is 0 Å². The maximum absolute atomic E-state index is 3.88. The average Bonchev–Trinajstić information content (AvgIpc) is 2.01. The van der Waals surface area contributed by atoms with Crippen LogP contribution in [0.4, 0.5) is 0 Å². The second-order valence-corrected chi connectivity index (χ2v) is 2.60. The van der Waals surface area contributed by atoms with Crippen LogP contribution in [0.15, 0.2) is 29.4 Å². The molecule has 0 aliphatic rings. The summed E-state index contributed by atoms with van der Waals surface area (Å²) in [6, 6.07) is 0. The monoisotopic (exact) mass is 151 g/mol. The van der Waals surface area contributed by atoms with Gasteiger partial charge in [-0.25, -0.2) is 0 Å². The SMILES string of the molecule is C=CN=C/C=C(/C)CCCC. The predicted molar refractivity (Wildman–Crippen MR) is 52.0 cm³/mol. The Hall–Kier alpha value is -0.850. The number of hydrogen-bond donors (Lipinski definition) is 0. The summed E-state index contributed by atoms with van der Waals surface area (Å²) >= 11 is 0. The Morgan fingerprint density at radius 3 is 2.82 bits per heavy atom. The number of rotatable bonds is 5. The molecule has 0 bridgehead atoms. The first kappa shape index (κ1) is 10.2. The Balaban J connectivity index is 3.61.